The van der Waals surface area contributed by atoms with Gasteiger partial charge in [-0.3, -0.25) is 4.98 Å². The predicted octanol–water partition coefficient (Wildman–Crippen LogP) is 0.471. The van der Waals surface area contributed by atoms with Crippen molar-refractivity contribution in [2.24, 2.45) is 0 Å². The number of nitrogens with zero attached hydrogens (tertiary/aromatic N) is 5. The summed E-state index contributed by atoms with van der Waals surface area (Å²) in [5, 5.41) is 20.0. The molecule has 0 atom stereocenters. The third-order valence-corrected chi connectivity index (χ3v) is 4.99. The van der Waals surface area contributed by atoms with E-state index in [1.807, 2.05) is 4.72 Å². The Morgan fingerprint density at radius 1 is 1.14 bits per heavy atom. The maximum Gasteiger partial charge on any atom is 0.246 e. The van der Waals surface area contributed by atoms with Crippen LogP contribution in [0.15, 0.2) is 35.4 Å². The molecule has 0 amide bonds. The summed E-state index contributed by atoms with van der Waals surface area (Å²) in [4.78, 5) is 3.74. The van der Waals surface area contributed by atoms with E-state index >= 15 is 0 Å². The summed E-state index contributed by atoms with van der Waals surface area (Å²) in [7, 11) is -4.48. The third kappa shape index (κ3) is 4.32. The lowest BCUT2D eigenvalue weighted by Gasteiger charge is -2.08. The van der Waals surface area contributed by atoms with Crippen LogP contribution in [0.4, 0.5) is 13.2 Å². The maximum absolute atomic E-state index is 14.3. The molecule has 2 aromatic heterocycles. The summed E-state index contributed by atoms with van der Waals surface area (Å²) >= 11 is 0. The summed E-state index contributed by atoms with van der Waals surface area (Å²) in [5.74, 6) is -3.35. The predicted molar refractivity (Wildman–Crippen MR) is 88.7 cm³/mol. The molecule has 13 heteroatoms. The van der Waals surface area contributed by atoms with Crippen LogP contribution in [0.3, 0.4) is 0 Å². The molecule has 0 radical (unpaired) electrons. The van der Waals surface area contributed by atoms with Crippen molar-refractivity contribution in [1.82, 2.24) is 29.9 Å². The molecule has 0 aliphatic carbocycles. The van der Waals surface area contributed by atoms with Crippen LogP contribution < -0.4 is 4.72 Å². The molecular weight excluding hydrogens is 401 g/mol. The number of tetrazole rings is 1. The van der Waals surface area contributed by atoms with Gasteiger partial charge in [-0.2, -0.15) is 4.80 Å². The highest BCUT2D eigenvalue weighted by Gasteiger charge is 2.25. The largest absolute Gasteiger partial charge is 0.395 e. The van der Waals surface area contributed by atoms with Crippen molar-refractivity contribution in [2.75, 3.05) is 13.2 Å². The Balaban J connectivity index is 1.87. The van der Waals surface area contributed by atoms with Gasteiger partial charge in [0.1, 0.15) is 24.0 Å². The number of aromatic nitrogens is 5. The molecule has 2 N–H and O–H groups in total. The van der Waals surface area contributed by atoms with Crippen molar-refractivity contribution in [1.29, 1.82) is 0 Å². The molecule has 3 aromatic rings. The van der Waals surface area contributed by atoms with E-state index in [1.165, 1.54) is 12.1 Å². The van der Waals surface area contributed by atoms with Gasteiger partial charge in [0, 0.05) is 12.1 Å². The monoisotopic (exact) mass is 414 g/mol. The smallest absolute Gasteiger partial charge is 0.246 e. The second-order valence-electron chi connectivity index (χ2n) is 5.50. The van der Waals surface area contributed by atoms with Gasteiger partial charge in [0.2, 0.25) is 15.8 Å². The number of rotatable bonds is 7. The maximum atomic E-state index is 14.3. The minimum absolute atomic E-state index is 0.0375. The molecule has 3 rings (SSSR count). The van der Waals surface area contributed by atoms with Crippen molar-refractivity contribution >= 4 is 10.0 Å². The molecule has 0 saturated carbocycles. The quantitative estimate of drug-likeness (QED) is 0.576. The fourth-order valence-electron chi connectivity index (χ4n) is 2.27. The van der Waals surface area contributed by atoms with Gasteiger partial charge in [0.15, 0.2) is 4.90 Å². The Labute approximate surface area is 156 Å². The van der Waals surface area contributed by atoms with Crippen molar-refractivity contribution in [3.63, 3.8) is 0 Å². The molecule has 148 valence electrons. The number of nitrogens with one attached hydrogen (secondary N) is 1. The van der Waals surface area contributed by atoms with Gasteiger partial charge in [0.05, 0.1) is 18.5 Å². The lowest BCUT2D eigenvalue weighted by molar-refractivity contribution is 0.300. The first-order valence-corrected chi connectivity index (χ1v) is 9.26. The van der Waals surface area contributed by atoms with Gasteiger partial charge in [-0.15, -0.1) is 10.2 Å². The highest BCUT2D eigenvalue weighted by atomic mass is 32.2. The minimum atomic E-state index is -4.48. The van der Waals surface area contributed by atoms with Crippen LogP contribution in [-0.4, -0.2) is 51.9 Å². The van der Waals surface area contributed by atoms with Gasteiger partial charge in [-0.25, -0.2) is 26.3 Å². The zero-order valence-electron chi connectivity index (χ0n) is 14.0. The van der Waals surface area contributed by atoms with Crippen LogP contribution in [0, 0.1) is 17.5 Å². The van der Waals surface area contributed by atoms with Gasteiger partial charge in [0.25, 0.3) is 0 Å². The Kier molecular flexibility index (Phi) is 5.67. The molecule has 0 unspecified atom stereocenters. The van der Waals surface area contributed by atoms with E-state index in [4.69, 9.17) is 5.11 Å². The van der Waals surface area contributed by atoms with E-state index in [0.717, 1.165) is 23.1 Å². The minimum Gasteiger partial charge on any atom is -0.395 e. The van der Waals surface area contributed by atoms with E-state index in [1.54, 1.807) is 0 Å². The fraction of sp³-hybridized carbons (Fsp3) is 0.200. The standard InChI is InChI=1S/C15H13F3N6O3S/c16-10-1-2-11(19-7-10)8-24-22-15(21-23-24)9-5-12(17)14(13(18)6-9)28(26,27)20-3-4-25/h1-2,5-7,20,25H,3-4,8H2. The van der Waals surface area contributed by atoms with Gasteiger partial charge in [-0.05, 0) is 29.5 Å². The van der Waals surface area contributed by atoms with Crippen LogP contribution in [0.2, 0.25) is 0 Å². The molecule has 2 heterocycles. The molecular formula is C15H13F3N6O3S. The summed E-state index contributed by atoms with van der Waals surface area (Å²) in [6.07, 6.45) is 1.02. The number of aliphatic hydroxyl groups excluding tert-OH is 1. The van der Waals surface area contributed by atoms with Crippen molar-refractivity contribution in [2.45, 2.75) is 11.4 Å². The number of aliphatic hydroxyl groups is 1. The number of hydrogen-bond donors (Lipinski definition) is 2. The first-order chi connectivity index (χ1) is 13.3. The topological polar surface area (TPSA) is 123 Å². The van der Waals surface area contributed by atoms with Crippen molar-refractivity contribution in [3.8, 4) is 11.4 Å². The second kappa shape index (κ2) is 8.00. The first-order valence-electron chi connectivity index (χ1n) is 7.78. The third-order valence-electron chi connectivity index (χ3n) is 3.47. The number of pyridine rings is 1. The van der Waals surface area contributed by atoms with Crippen LogP contribution in [0.1, 0.15) is 5.69 Å². The zero-order valence-corrected chi connectivity index (χ0v) is 14.9. The highest BCUT2D eigenvalue weighted by Crippen LogP contribution is 2.24. The average Bonchev–Trinajstić information content (AvgIpc) is 3.10. The lowest BCUT2D eigenvalue weighted by Crippen LogP contribution is -2.28. The molecule has 0 saturated heterocycles. The van der Waals surface area contributed by atoms with E-state index in [9.17, 15) is 21.6 Å². The SMILES string of the molecule is O=S(=O)(NCCO)c1c(F)cc(-c2nnn(Cc3ccc(F)cn3)n2)cc1F. The Morgan fingerprint density at radius 2 is 1.86 bits per heavy atom. The summed E-state index contributed by atoms with van der Waals surface area (Å²) in [6.45, 7) is -0.886. The molecule has 0 spiro atoms. The van der Waals surface area contributed by atoms with E-state index in [-0.39, 0.29) is 17.9 Å². The Bertz CT molecular complexity index is 1070. The highest BCUT2D eigenvalue weighted by molar-refractivity contribution is 7.89. The fourth-order valence-corrected chi connectivity index (χ4v) is 3.40. The van der Waals surface area contributed by atoms with Crippen molar-refractivity contribution in [3.05, 3.63) is 53.6 Å². The zero-order chi connectivity index (χ0) is 20.3. The van der Waals surface area contributed by atoms with Crippen LogP contribution in [0.5, 0.6) is 0 Å². The molecule has 0 aliphatic rings. The average molecular weight is 414 g/mol. The summed E-state index contributed by atoms with van der Waals surface area (Å²) < 4.78 is 67.1. The number of hydrogen-bond acceptors (Lipinski definition) is 7. The first kappa shape index (κ1) is 19.9. The molecule has 9 nitrogen and oxygen atoms in total. The number of benzene rings is 1. The van der Waals surface area contributed by atoms with Crippen LogP contribution >= 0.6 is 0 Å². The number of halogens is 3. The van der Waals surface area contributed by atoms with Gasteiger partial charge in [-0.1, -0.05) is 0 Å². The molecule has 0 bridgehead atoms. The van der Waals surface area contributed by atoms with E-state index < -0.39 is 45.5 Å². The molecule has 1 aromatic carbocycles. The normalized spacial score (nSPS) is 11.7. The van der Waals surface area contributed by atoms with E-state index in [0.29, 0.717) is 5.69 Å². The number of sulfonamides is 1. The summed E-state index contributed by atoms with van der Waals surface area (Å²) in [6, 6.07) is 4.13. The van der Waals surface area contributed by atoms with Crippen LogP contribution in [0.25, 0.3) is 11.4 Å². The van der Waals surface area contributed by atoms with Gasteiger partial charge >= 0.3 is 0 Å². The summed E-state index contributed by atoms with van der Waals surface area (Å²) in [5.41, 5.74) is 0.300. The van der Waals surface area contributed by atoms with Crippen LogP contribution in [-0.2, 0) is 16.6 Å². The lowest BCUT2D eigenvalue weighted by atomic mass is 10.2. The Hall–Kier alpha value is -2.90. The van der Waals surface area contributed by atoms with Gasteiger partial charge < -0.3 is 5.11 Å². The molecule has 0 fully saturated rings. The van der Waals surface area contributed by atoms with E-state index in [2.05, 4.69) is 20.4 Å². The second-order valence-corrected chi connectivity index (χ2v) is 7.21. The molecule has 0 aliphatic heterocycles. The Morgan fingerprint density at radius 3 is 2.46 bits per heavy atom. The van der Waals surface area contributed by atoms with Crippen molar-refractivity contribution < 1.29 is 26.7 Å². The molecule has 28 heavy (non-hydrogen) atoms.